The molecule has 0 aliphatic heterocycles. The van der Waals surface area contributed by atoms with E-state index >= 15 is 0 Å². The average Bonchev–Trinajstić information content (AvgIpc) is 2.29. The van der Waals surface area contributed by atoms with Gasteiger partial charge in [0.05, 0.1) is 10.4 Å². The fourth-order valence-electron chi connectivity index (χ4n) is 1.50. The van der Waals surface area contributed by atoms with E-state index in [1.54, 1.807) is 24.5 Å². The number of hydrogen-bond donors (Lipinski definition) is 0. The van der Waals surface area contributed by atoms with Crippen molar-refractivity contribution < 1.29 is 0 Å². The Balaban J connectivity index is 2.41. The molecule has 3 nitrogen and oxygen atoms in total. The van der Waals surface area contributed by atoms with Crippen molar-refractivity contribution in [2.75, 3.05) is 0 Å². The molecule has 1 atom stereocenters. The van der Waals surface area contributed by atoms with Gasteiger partial charge < -0.3 is 0 Å². The molecule has 0 saturated heterocycles. The minimum atomic E-state index is -0.0952. The number of rotatable bonds is 2. The lowest BCUT2D eigenvalue weighted by Gasteiger charge is -2.07. The molecule has 0 bridgehead atoms. The minimum absolute atomic E-state index is 0.0952. The number of nitrogens with zero attached hydrogens (tertiary/aromatic N) is 3. The van der Waals surface area contributed by atoms with Gasteiger partial charge in [-0.25, -0.2) is 9.97 Å². The molecular weight excluding hydrogens is 257 g/mol. The molecule has 0 aliphatic carbocycles. The van der Waals surface area contributed by atoms with Crippen LogP contribution in [0.4, 0.5) is 0 Å². The first-order valence-electron chi connectivity index (χ1n) is 5.17. The number of aromatic nitrogens is 3. The summed E-state index contributed by atoms with van der Waals surface area (Å²) < 4.78 is 0. The topological polar surface area (TPSA) is 38.7 Å². The second kappa shape index (κ2) is 4.98. The van der Waals surface area contributed by atoms with E-state index in [0.717, 1.165) is 11.3 Å². The van der Waals surface area contributed by atoms with Crippen molar-refractivity contribution in [1.29, 1.82) is 0 Å². The Morgan fingerprint density at radius 2 is 1.94 bits per heavy atom. The van der Waals surface area contributed by atoms with Crippen LogP contribution in [0.5, 0.6) is 0 Å². The van der Waals surface area contributed by atoms with E-state index in [1.165, 1.54) is 0 Å². The van der Waals surface area contributed by atoms with Gasteiger partial charge in [-0.2, -0.15) is 0 Å². The summed E-state index contributed by atoms with van der Waals surface area (Å²) in [6.07, 6.45) is 3.32. The zero-order chi connectivity index (χ0) is 12.4. The van der Waals surface area contributed by atoms with Crippen LogP contribution < -0.4 is 0 Å². The van der Waals surface area contributed by atoms with Crippen molar-refractivity contribution in [3.8, 4) is 11.5 Å². The van der Waals surface area contributed by atoms with Gasteiger partial charge in [0.2, 0.25) is 0 Å². The van der Waals surface area contributed by atoms with Crippen LogP contribution in [0, 0.1) is 6.92 Å². The van der Waals surface area contributed by atoms with Gasteiger partial charge in [-0.1, -0.05) is 11.6 Å². The van der Waals surface area contributed by atoms with Crippen LogP contribution >= 0.6 is 23.2 Å². The number of halogens is 2. The third-order valence-corrected chi connectivity index (χ3v) is 2.86. The van der Waals surface area contributed by atoms with E-state index in [9.17, 15) is 0 Å². The van der Waals surface area contributed by atoms with E-state index in [2.05, 4.69) is 15.0 Å². The monoisotopic (exact) mass is 267 g/mol. The van der Waals surface area contributed by atoms with E-state index in [0.29, 0.717) is 16.5 Å². The molecular formula is C12H11Cl2N3. The molecule has 2 aromatic heterocycles. The normalized spacial score (nSPS) is 12.5. The molecule has 5 heteroatoms. The summed E-state index contributed by atoms with van der Waals surface area (Å²) in [5.41, 5.74) is 2.50. The Morgan fingerprint density at radius 1 is 1.18 bits per heavy atom. The van der Waals surface area contributed by atoms with Crippen molar-refractivity contribution in [2.45, 2.75) is 19.2 Å². The second-order valence-corrected chi connectivity index (χ2v) is 4.80. The Bertz CT molecular complexity index is 524. The van der Waals surface area contributed by atoms with Crippen molar-refractivity contribution in [1.82, 2.24) is 15.0 Å². The standard InChI is InChI=1S/C12H11Cl2N3/c1-7(13)10-6-16-12(17-8(10)2)11-4-3-9(14)5-15-11/h3-7H,1-2H3. The molecule has 0 amide bonds. The van der Waals surface area contributed by atoms with E-state index < -0.39 is 0 Å². The van der Waals surface area contributed by atoms with Crippen LogP contribution in [0.1, 0.15) is 23.6 Å². The SMILES string of the molecule is Cc1nc(-c2ccc(Cl)cn2)ncc1C(C)Cl. The molecule has 0 radical (unpaired) electrons. The first-order valence-corrected chi connectivity index (χ1v) is 5.99. The minimum Gasteiger partial charge on any atom is -0.251 e. The molecule has 2 heterocycles. The molecule has 2 rings (SSSR count). The number of hydrogen-bond acceptors (Lipinski definition) is 3. The molecule has 88 valence electrons. The van der Waals surface area contributed by atoms with E-state index in [-0.39, 0.29) is 5.38 Å². The molecule has 0 aliphatic rings. The van der Waals surface area contributed by atoms with Gasteiger partial charge >= 0.3 is 0 Å². The predicted molar refractivity (Wildman–Crippen MR) is 69.3 cm³/mol. The van der Waals surface area contributed by atoms with Crippen molar-refractivity contribution in [3.63, 3.8) is 0 Å². The highest BCUT2D eigenvalue weighted by molar-refractivity contribution is 6.30. The van der Waals surface area contributed by atoms with Gasteiger partial charge in [0.25, 0.3) is 0 Å². The molecule has 1 unspecified atom stereocenters. The van der Waals surface area contributed by atoms with Gasteiger partial charge in [0, 0.05) is 23.7 Å². The van der Waals surface area contributed by atoms with E-state index in [1.807, 2.05) is 13.8 Å². The second-order valence-electron chi connectivity index (χ2n) is 3.71. The molecule has 2 aromatic rings. The third-order valence-electron chi connectivity index (χ3n) is 2.40. The first-order chi connectivity index (χ1) is 8.08. The van der Waals surface area contributed by atoms with Crippen LogP contribution in [-0.4, -0.2) is 15.0 Å². The highest BCUT2D eigenvalue weighted by Gasteiger charge is 2.10. The number of aryl methyl sites for hydroxylation is 1. The van der Waals surface area contributed by atoms with Crippen LogP contribution in [0.15, 0.2) is 24.5 Å². The summed E-state index contributed by atoms with van der Waals surface area (Å²) in [4.78, 5) is 12.8. The van der Waals surface area contributed by atoms with Crippen LogP contribution in [0.25, 0.3) is 11.5 Å². The largest absolute Gasteiger partial charge is 0.251 e. The lowest BCUT2D eigenvalue weighted by molar-refractivity contribution is 0.971. The lowest BCUT2D eigenvalue weighted by atomic mass is 10.2. The van der Waals surface area contributed by atoms with E-state index in [4.69, 9.17) is 23.2 Å². The lowest BCUT2D eigenvalue weighted by Crippen LogP contribution is -1.99. The van der Waals surface area contributed by atoms with Crippen molar-refractivity contribution in [3.05, 3.63) is 40.8 Å². The van der Waals surface area contributed by atoms with Crippen molar-refractivity contribution >= 4 is 23.2 Å². The summed E-state index contributed by atoms with van der Waals surface area (Å²) in [7, 11) is 0. The Morgan fingerprint density at radius 3 is 2.47 bits per heavy atom. The number of pyridine rings is 1. The molecule has 0 saturated carbocycles. The Kier molecular flexibility index (Phi) is 3.60. The van der Waals surface area contributed by atoms with Gasteiger partial charge in [0.15, 0.2) is 5.82 Å². The highest BCUT2D eigenvalue weighted by Crippen LogP contribution is 2.23. The molecule has 17 heavy (non-hydrogen) atoms. The molecule has 0 aromatic carbocycles. The summed E-state index contributed by atoms with van der Waals surface area (Å²) in [5.74, 6) is 0.584. The van der Waals surface area contributed by atoms with Crippen molar-refractivity contribution in [2.24, 2.45) is 0 Å². The van der Waals surface area contributed by atoms with Gasteiger partial charge in [0.1, 0.15) is 5.69 Å². The van der Waals surface area contributed by atoms with Gasteiger partial charge in [-0.15, -0.1) is 11.6 Å². The zero-order valence-electron chi connectivity index (χ0n) is 9.48. The fourth-order valence-corrected chi connectivity index (χ4v) is 1.82. The maximum absolute atomic E-state index is 6.01. The maximum atomic E-state index is 6.01. The highest BCUT2D eigenvalue weighted by atomic mass is 35.5. The Hall–Kier alpha value is -1.19. The smallest absolute Gasteiger partial charge is 0.178 e. The summed E-state index contributed by atoms with van der Waals surface area (Å²) in [6, 6.07) is 3.56. The summed E-state index contributed by atoms with van der Waals surface area (Å²) >= 11 is 11.8. The van der Waals surface area contributed by atoms with Gasteiger partial charge in [-0.05, 0) is 26.0 Å². The average molecular weight is 268 g/mol. The molecule has 0 N–H and O–H groups in total. The molecule has 0 fully saturated rings. The molecule has 0 spiro atoms. The predicted octanol–water partition coefficient (Wildman–Crippen LogP) is 3.80. The third kappa shape index (κ3) is 2.73. The first kappa shape index (κ1) is 12.3. The maximum Gasteiger partial charge on any atom is 0.178 e. The fraction of sp³-hybridized carbons (Fsp3) is 0.250. The van der Waals surface area contributed by atoms with Crippen LogP contribution in [-0.2, 0) is 0 Å². The van der Waals surface area contributed by atoms with Gasteiger partial charge in [-0.3, -0.25) is 4.98 Å². The zero-order valence-corrected chi connectivity index (χ0v) is 11.0. The van der Waals surface area contributed by atoms with Crippen LogP contribution in [0.2, 0.25) is 5.02 Å². The Labute approximate surface area is 110 Å². The summed E-state index contributed by atoms with van der Waals surface area (Å²) in [5, 5.41) is 0.499. The summed E-state index contributed by atoms with van der Waals surface area (Å²) in [6.45, 7) is 3.81. The number of alkyl halides is 1. The quantitative estimate of drug-likeness (QED) is 0.777. The van der Waals surface area contributed by atoms with Crippen LogP contribution in [0.3, 0.4) is 0 Å².